The predicted octanol–water partition coefficient (Wildman–Crippen LogP) is 2.62. The predicted molar refractivity (Wildman–Crippen MR) is 49.5 cm³/mol. The molecule has 0 atom stereocenters. The fourth-order valence-corrected chi connectivity index (χ4v) is 1.39. The largest absolute Gasteiger partial charge is 0.386 e. The van der Waals surface area contributed by atoms with Crippen LogP contribution >= 0.6 is 23.2 Å². The topological polar surface area (TPSA) is 33.1 Å². The van der Waals surface area contributed by atoms with Gasteiger partial charge >= 0.3 is 0 Å². The Morgan fingerprint density at radius 2 is 2.00 bits per heavy atom. The van der Waals surface area contributed by atoms with E-state index in [1.807, 2.05) is 0 Å². The molecule has 0 spiro atoms. The number of pyridine rings is 1. The van der Waals surface area contributed by atoms with E-state index in [1.54, 1.807) is 19.9 Å². The number of hydrogen-bond acceptors (Lipinski definition) is 2. The van der Waals surface area contributed by atoms with E-state index in [2.05, 4.69) is 4.98 Å². The van der Waals surface area contributed by atoms with Crippen LogP contribution in [0, 0.1) is 0 Å². The van der Waals surface area contributed by atoms with Gasteiger partial charge in [0.15, 0.2) is 0 Å². The standard InChI is InChI=1S/C8H9Cl2NO/c1-8(2,12)5-3-4-11-7(10)6(5)9/h3-4,12H,1-2H3. The van der Waals surface area contributed by atoms with Gasteiger partial charge in [0.05, 0.1) is 10.6 Å². The van der Waals surface area contributed by atoms with Crippen molar-refractivity contribution in [1.29, 1.82) is 0 Å². The number of nitrogens with zero attached hydrogens (tertiary/aromatic N) is 1. The van der Waals surface area contributed by atoms with Gasteiger partial charge in [-0.05, 0) is 19.9 Å². The second-order valence-corrected chi connectivity index (χ2v) is 3.76. The van der Waals surface area contributed by atoms with Crippen LogP contribution in [0.2, 0.25) is 10.2 Å². The maximum Gasteiger partial charge on any atom is 0.147 e. The van der Waals surface area contributed by atoms with Crippen molar-refractivity contribution in [2.45, 2.75) is 19.4 Å². The van der Waals surface area contributed by atoms with E-state index in [0.717, 1.165) is 0 Å². The van der Waals surface area contributed by atoms with Gasteiger partial charge in [0.1, 0.15) is 5.15 Å². The minimum absolute atomic E-state index is 0.219. The number of rotatable bonds is 1. The maximum absolute atomic E-state index is 9.62. The van der Waals surface area contributed by atoms with E-state index < -0.39 is 5.60 Å². The highest BCUT2D eigenvalue weighted by Crippen LogP contribution is 2.31. The summed E-state index contributed by atoms with van der Waals surface area (Å²) >= 11 is 11.5. The van der Waals surface area contributed by atoms with E-state index in [0.29, 0.717) is 10.6 Å². The van der Waals surface area contributed by atoms with Crippen molar-refractivity contribution in [2.75, 3.05) is 0 Å². The molecule has 0 bridgehead atoms. The number of halogens is 2. The monoisotopic (exact) mass is 205 g/mol. The molecule has 1 N–H and O–H groups in total. The van der Waals surface area contributed by atoms with E-state index in [-0.39, 0.29) is 5.15 Å². The molecule has 4 heteroatoms. The second kappa shape index (κ2) is 3.21. The van der Waals surface area contributed by atoms with Crippen LogP contribution in [0.1, 0.15) is 19.4 Å². The molecule has 66 valence electrons. The first-order valence-electron chi connectivity index (χ1n) is 3.46. The molecule has 0 aliphatic heterocycles. The molecule has 0 saturated heterocycles. The van der Waals surface area contributed by atoms with Gasteiger partial charge in [0.2, 0.25) is 0 Å². The Hall–Kier alpha value is -0.310. The Bertz CT molecular complexity index is 294. The van der Waals surface area contributed by atoms with Crippen molar-refractivity contribution in [1.82, 2.24) is 4.98 Å². The Labute approximate surface area is 81.1 Å². The van der Waals surface area contributed by atoms with Gasteiger partial charge in [-0.1, -0.05) is 23.2 Å². The quantitative estimate of drug-likeness (QED) is 0.716. The van der Waals surface area contributed by atoms with E-state index in [1.165, 1.54) is 6.20 Å². The number of aliphatic hydroxyl groups is 1. The highest BCUT2D eigenvalue weighted by Gasteiger charge is 2.20. The second-order valence-electron chi connectivity index (χ2n) is 3.02. The molecule has 0 aromatic carbocycles. The van der Waals surface area contributed by atoms with Crippen LogP contribution < -0.4 is 0 Å². The lowest BCUT2D eigenvalue weighted by Crippen LogP contribution is -2.16. The number of aromatic nitrogens is 1. The van der Waals surface area contributed by atoms with Crippen LogP contribution in [0.3, 0.4) is 0 Å². The lowest BCUT2D eigenvalue weighted by atomic mass is 10.00. The molecule has 1 aromatic rings. The Morgan fingerprint density at radius 1 is 1.42 bits per heavy atom. The van der Waals surface area contributed by atoms with Crippen molar-refractivity contribution >= 4 is 23.2 Å². The minimum atomic E-state index is -0.982. The lowest BCUT2D eigenvalue weighted by molar-refractivity contribution is 0.0786. The SMILES string of the molecule is CC(C)(O)c1ccnc(Cl)c1Cl. The molecular weight excluding hydrogens is 197 g/mol. The van der Waals surface area contributed by atoms with E-state index in [4.69, 9.17) is 23.2 Å². The number of hydrogen-bond donors (Lipinski definition) is 1. The van der Waals surface area contributed by atoms with E-state index in [9.17, 15) is 5.11 Å². The van der Waals surface area contributed by atoms with Gasteiger partial charge in [-0.3, -0.25) is 0 Å². The molecule has 1 heterocycles. The van der Waals surface area contributed by atoms with Gasteiger partial charge in [0, 0.05) is 11.8 Å². The van der Waals surface area contributed by atoms with Gasteiger partial charge < -0.3 is 5.11 Å². The summed E-state index contributed by atoms with van der Waals surface area (Å²) in [5.41, 5.74) is -0.395. The highest BCUT2D eigenvalue weighted by molar-refractivity contribution is 6.41. The van der Waals surface area contributed by atoms with Gasteiger partial charge in [-0.25, -0.2) is 4.98 Å². The third kappa shape index (κ3) is 1.89. The van der Waals surface area contributed by atoms with Crippen LogP contribution in [0.4, 0.5) is 0 Å². The molecule has 0 aliphatic rings. The van der Waals surface area contributed by atoms with Crippen molar-refractivity contribution in [2.24, 2.45) is 0 Å². The fourth-order valence-electron chi connectivity index (χ4n) is 0.891. The molecule has 12 heavy (non-hydrogen) atoms. The summed E-state index contributed by atoms with van der Waals surface area (Å²) < 4.78 is 0. The zero-order valence-corrected chi connectivity index (χ0v) is 8.32. The Morgan fingerprint density at radius 3 is 2.42 bits per heavy atom. The first kappa shape index (κ1) is 9.78. The molecular formula is C8H9Cl2NO. The lowest BCUT2D eigenvalue weighted by Gasteiger charge is -2.18. The first-order chi connectivity index (χ1) is 5.43. The first-order valence-corrected chi connectivity index (χ1v) is 4.21. The molecule has 1 rings (SSSR count). The third-order valence-electron chi connectivity index (χ3n) is 1.51. The molecule has 0 fully saturated rings. The highest BCUT2D eigenvalue weighted by atomic mass is 35.5. The molecule has 0 saturated carbocycles. The minimum Gasteiger partial charge on any atom is -0.386 e. The summed E-state index contributed by atoms with van der Waals surface area (Å²) in [7, 11) is 0. The Balaban J connectivity index is 3.26. The summed E-state index contributed by atoms with van der Waals surface area (Å²) in [4.78, 5) is 3.78. The zero-order valence-electron chi connectivity index (χ0n) is 6.81. The average Bonchev–Trinajstić information content (AvgIpc) is 1.92. The van der Waals surface area contributed by atoms with Crippen LogP contribution in [0.15, 0.2) is 12.3 Å². The van der Waals surface area contributed by atoms with Gasteiger partial charge in [-0.15, -0.1) is 0 Å². The molecule has 0 aliphatic carbocycles. The molecule has 0 unspecified atom stereocenters. The fraction of sp³-hybridized carbons (Fsp3) is 0.375. The smallest absolute Gasteiger partial charge is 0.147 e. The van der Waals surface area contributed by atoms with Gasteiger partial charge in [-0.2, -0.15) is 0 Å². The van der Waals surface area contributed by atoms with Crippen molar-refractivity contribution in [3.8, 4) is 0 Å². The van der Waals surface area contributed by atoms with Crippen molar-refractivity contribution < 1.29 is 5.11 Å². The van der Waals surface area contributed by atoms with Crippen LogP contribution in [-0.2, 0) is 5.60 Å². The zero-order chi connectivity index (χ0) is 9.35. The molecule has 2 nitrogen and oxygen atoms in total. The summed E-state index contributed by atoms with van der Waals surface area (Å²) in [6.45, 7) is 3.29. The summed E-state index contributed by atoms with van der Waals surface area (Å²) in [6.07, 6.45) is 1.52. The summed E-state index contributed by atoms with van der Waals surface area (Å²) in [5.74, 6) is 0. The van der Waals surface area contributed by atoms with Crippen LogP contribution in [0.25, 0.3) is 0 Å². The van der Waals surface area contributed by atoms with Gasteiger partial charge in [0.25, 0.3) is 0 Å². The summed E-state index contributed by atoms with van der Waals surface area (Å²) in [6, 6.07) is 1.65. The van der Waals surface area contributed by atoms with Crippen molar-refractivity contribution in [3.05, 3.63) is 28.0 Å². The molecule has 0 radical (unpaired) electrons. The van der Waals surface area contributed by atoms with Crippen molar-refractivity contribution in [3.63, 3.8) is 0 Å². The molecule has 0 amide bonds. The maximum atomic E-state index is 9.62. The third-order valence-corrected chi connectivity index (χ3v) is 2.27. The molecule has 1 aromatic heterocycles. The van der Waals surface area contributed by atoms with Crippen LogP contribution in [0.5, 0.6) is 0 Å². The average molecular weight is 206 g/mol. The normalized spacial score (nSPS) is 11.8. The Kier molecular flexibility index (Phi) is 2.61. The van der Waals surface area contributed by atoms with E-state index >= 15 is 0 Å². The summed E-state index contributed by atoms with van der Waals surface area (Å²) in [5, 5.41) is 10.2. The van der Waals surface area contributed by atoms with Crippen LogP contribution in [-0.4, -0.2) is 10.1 Å².